The maximum atomic E-state index is 5.67. The molecule has 1 atom stereocenters. The predicted molar refractivity (Wildman–Crippen MR) is 72.4 cm³/mol. The predicted octanol–water partition coefficient (Wildman–Crippen LogP) is 2.77. The number of rotatable bonds is 4. The fraction of sp³-hybridized carbons (Fsp3) is 0.538. The Morgan fingerprint density at radius 2 is 1.94 bits per heavy atom. The molecule has 1 heterocycles. The van der Waals surface area contributed by atoms with Crippen molar-refractivity contribution in [3.05, 3.63) is 34.3 Å². The highest BCUT2D eigenvalue weighted by Gasteiger charge is 2.19. The maximum Gasteiger partial charge on any atom is 0.0468 e. The topological polar surface area (TPSA) is 47.3 Å². The lowest BCUT2D eigenvalue weighted by Crippen LogP contribution is -2.31. The van der Waals surface area contributed by atoms with Crippen molar-refractivity contribution in [1.82, 2.24) is 5.43 Å². The van der Waals surface area contributed by atoms with Crippen LogP contribution in [0.15, 0.2) is 28.7 Å². The van der Waals surface area contributed by atoms with Gasteiger partial charge in [0.2, 0.25) is 0 Å². The van der Waals surface area contributed by atoms with Crippen LogP contribution in [0.1, 0.15) is 30.9 Å². The number of hydrogen-bond acceptors (Lipinski definition) is 3. The molecule has 94 valence electrons. The van der Waals surface area contributed by atoms with Gasteiger partial charge in [-0.15, -0.1) is 0 Å². The average Bonchev–Trinajstić information content (AvgIpc) is 2.38. The summed E-state index contributed by atoms with van der Waals surface area (Å²) in [5.41, 5.74) is 4.18. The Hall–Kier alpha value is -0.420. The van der Waals surface area contributed by atoms with Crippen LogP contribution >= 0.6 is 15.9 Å². The highest BCUT2D eigenvalue weighted by atomic mass is 79.9. The minimum atomic E-state index is 0.242. The molecular formula is C13H19BrN2O. The number of benzene rings is 1. The van der Waals surface area contributed by atoms with E-state index in [4.69, 9.17) is 10.6 Å². The van der Waals surface area contributed by atoms with Gasteiger partial charge >= 0.3 is 0 Å². The van der Waals surface area contributed by atoms with E-state index in [2.05, 4.69) is 45.6 Å². The molecule has 1 unspecified atom stereocenters. The summed E-state index contributed by atoms with van der Waals surface area (Å²) in [6, 6.07) is 8.60. The lowest BCUT2D eigenvalue weighted by atomic mass is 9.90. The van der Waals surface area contributed by atoms with Gasteiger partial charge in [-0.1, -0.05) is 28.1 Å². The molecule has 1 aromatic carbocycles. The van der Waals surface area contributed by atoms with Gasteiger partial charge in [0.05, 0.1) is 0 Å². The van der Waals surface area contributed by atoms with E-state index in [0.717, 1.165) is 36.9 Å². The van der Waals surface area contributed by atoms with Crippen molar-refractivity contribution >= 4 is 15.9 Å². The number of hydrogen-bond donors (Lipinski definition) is 2. The van der Waals surface area contributed by atoms with Crippen LogP contribution in [0.5, 0.6) is 0 Å². The Bertz CT molecular complexity index is 336. The van der Waals surface area contributed by atoms with Crippen LogP contribution in [-0.4, -0.2) is 13.2 Å². The molecule has 0 bridgehead atoms. The van der Waals surface area contributed by atoms with E-state index >= 15 is 0 Å². The summed E-state index contributed by atoms with van der Waals surface area (Å²) in [6.07, 6.45) is 3.38. The second-order valence-corrected chi connectivity index (χ2v) is 5.48. The normalized spacial score (nSPS) is 19.2. The monoisotopic (exact) mass is 298 g/mol. The molecular weight excluding hydrogens is 280 g/mol. The van der Waals surface area contributed by atoms with Crippen molar-refractivity contribution < 1.29 is 4.74 Å². The number of nitrogens with two attached hydrogens (primary N) is 1. The summed E-state index contributed by atoms with van der Waals surface area (Å²) in [4.78, 5) is 0. The van der Waals surface area contributed by atoms with Gasteiger partial charge in [0.15, 0.2) is 0 Å². The molecule has 0 radical (unpaired) electrons. The third kappa shape index (κ3) is 3.78. The summed E-state index contributed by atoms with van der Waals surface area (Å²) < 4.78 is 6.48. The van der Waals surface area contributed by atoms with Gasteiger partial charge in [-0.2, -0.15) is 0 Å². The van der Waals surface area contributed by atoms with Gasteiger partial charge in [-0.25, -0.2) is 0 Å². The van der Waals surface area contributed by atoms with E-state index in [1.807, 2.05) is 0 Å². The van der Waals surface area contributed by atoms with E-state index in [1.165, 1.54) is 5.56 Å². The number of nitrogens with one attached hydrogen (secondary N) is 1. The van der Waals surface area contributed by atoms with Crippen molar-refractivity contribution in [2.24, 2.45) is 11.8 Å². The first-order valence-corrected chi connectivity index (χ1v) is 6.88. The Morgan fingerprint density at radius 1 is 1.29 bits per heavy atom. The zero-order valence-corrected chi connectivity index (χ0v) is 11.4. The molecule has 0 saturated carbocycles. The van der Waals surface area contributed by atoms with Gasteiger partial charge < -0.3 is 4.74 Å². The summed E-state index contributed by atoms with van der Waals surface area (Å²) in [7, 11) is 0. The summed E-state index contributed by atoms with van der Waals surface area (Å²) in [5.74, 6) is 6.38. The molecule has 0 amide bonds. The van der Waals surface area contributed by atoms with Crippen LogP contribution in [0.25, 0.3) is 0 Å². The largest absolute Gasteiger partial charge is 0.381 e. The van der Waals surface area contributed by atoms with Crippen molar-refractivity contribution in [3.63, 3.8) is 0 Å². The van der Waals surface area contributed by atoms with Crippen LogP contribution < -0.4 is 11.3 Å². The second-order valence-electron chi connectivity index (χ2n) is 4.56. The first-order valence-electron chi connectivity index (χ1n) is 6.09. The molecule has 2 rings (SSSR count). The van der Waals surface area contributed by atoms with E-state index < -0.39 is 0 Å². The van der Waals surface area contributed by atoms with Gasteiger partial charge in [-0.3, -0.25) is 11.3 Å². The Labute approximate surface area is 111 Å². The first-order chi connectivity index (χ1) is 8.29. The van der Waals surface area contributed by atoms with Crippen LogP contribution in [0.4, 0.5) is 0 Å². The fourth-order valence-corrected chi connectivity index (χ4v) is 2.58. The molecule has 1 saturated heterocycles. The minimum Gasteiger partial charge on any atom is -0.381 e. The molecule has 0 aromatic heterocycles. The summed E-state index contributed by atoms with van der Waals surface area (Å²) >= 11 is 3.45. The minimum absolute atomic E-state index is 0.242. The second kappa shape index (κ2) is 6.50. The standard InChI is InChI=1S/C13H19BrN2O/c14-12-3-1-11(2-4-12)13(16-15)9-10-5-7-17-8-6-10/h1-4,10,13,16H,5-9,15H2. The lowest BCUT2D eigenvalue weighted by molar-refractivity contribution is 0.0605. The summed E-state index contributed by atoms with van der Waals surface area (Å²) in [6.45, 7) is 1.78. The van der Waals surface area contributed by atoms with Gasteiger partial charge in [-0.05, 0) is 42.9 Å². The average molecular weight is 299 g/mol. The van der Waals surface area contributed by atoms with Crippen molar-refractivity contribution in [3.8, 4) is 0 Å². The molecule has 1 aliphatic heterocycles. The molecule has 0 aliphatic carbocycles. The molecule has 1 aromatic rings. The molecule has 4 heteroatoms. The van der Waals surface area contributed by atoms with Crippen LogP contribution in [0, 0.1) is 5.92 Å². The molecule has 0 spiro atoms. The first kappa shape index (κ1) is 13.0. The van der Waals surface area contributed by atoms with Crippen LogP contribution in [0.3, 0.4) is 0 Å². The van der Waals surface area contributed by atoms with Crippen molar-refractivity contribution in [2.45, 2.75) is 25.3 Å². The molecule has 3 N–H and O–H groups in total. The molecule has 1 fully saturated rings. The quantitative estimate of drug-likeness (QED) is 0.664. The maximum absolute atomic E-state index is 5.67. The molecule has 1 aliphatic rings. The zero-order valence-electron chi connectivity index (χ0n) is 9.86. The van der Waals surface area contributed by atoms with Gasteiger partial charge in [0, 0.05) is 23.7 Å². The number of ether oxygens (including phenoxy) is 1. The Balaban J connectivity index is 1.97. The van der Waals surface area contributed by atoms with Crippen LogP contribution in [0.2, 0.25) is 0 Å². The highest BCUT2D eigenvalue weighted by Crippen LogP contribution is 2.27. The molecule has 3 nitrogen and oxygen atoms in total. The lowest BCUT2D eigenvalue weighted by Gasteiger charge is -2.26. The fourth-order valence-electron chi connectivity index (χ4n) is 2.31. The number of hydrazine groups is 1. The molecule has 17 heavy (non-hydrogen) atoms. The Morgan fingerprint density at radius 3 is 2.53 bits per heavy atom. The highest BCUT2D eigenvalue weighted by molar-refractivity contribution is 9.10. The van der Waals surface area contributed by atoms with E-state index in [0.29, 0.717) is 5.92 Å². The van der Waals surface area contributed by atoms with E-state index in [-0.39, 0.29) is 6.04 Å². The summed E-state index contributed by atoms with van der Waals surface area (Å²) in [5, 5.41) is 0. The van der Waals surface area contributed by atoms with E-state index in [1.54, 1.807) is 0 Å². The number of halogens is 1. The van der Waals surface area contributed by atoms with Gasteiger partial charge in [0.1, 0.15) is 0 Å². The Kier molecular flexibility index (Phi) is 4.98. The van der Waals surface area contributed by atoms with Crippen LogP contribution in [-0.2, 0) is 4.74 Å². The SMILES string of the molecule is NNC(CC1CCOCC1)c1ccc(Br)cc1. The third-order valence-electron chi connectivity index (χ3n) is 3.38. The zero-order chi connectivity index (χ0) is 12.1. The smallest absolute Gasteiger partial charge is 0.0468 e. The third-order valence-corrected chi connectivity index (χ3v) is 3.91. The van der Waals surface area contributed by atoms with Crippen molar-refractivity contribution in [1.29, 1.82) is 0 Å². The van der Waals surface area contributed by atoms with Gasteiger partial charge in [0.25, 0.3) is 0 Å². The van der Waals surface area contributed by atoms with E-state index in [9.17, 15) is 0 Å². The van der Waals surface area contributed by atoms with Crippen molar-refractivity contribution in [2.75, 3.05) is 13.2 Å².